The van der Waals surface area contributed by atoms with Crippen molar-refractivity contribution in [3.63, 3.8) is 0 Å². The Labute approximate surface area is 152 Å². The Bertz CT molecular complexity index is 597. The van der Waals surface area contributed by atoms with E-state index in [1.54, 1.807) is 60.7 Å². The van der Waals surface area contributed by atoms with E-state index in [2.05, 4.69) is 0 Å². The van der Waals surface area contributed by atoms with Crippen LogP contribution in [0, 0.1) is 0 Å². The minimum Gasteiger partial charge on any atom is -0.478 e. The van der Waals surface area contributed by atoms with E-state index in [4.69, 9.17) is 20.4 Å². The lowest BCUT2D eigenvalue weighted by molar-refractivity contribution is -0.00865. The van der Waals surface area contributed by atoms with E-state index in [-0.39, 0.29) is 0 Å². The molecule has 3 rings (SSSR count). The van der Waals surface area contributed by atoms with Gasteiger partial charge in [0, 0.05) is 0 Å². The van der Waals surface area contributed by atoms with Gasteiger partial charge in [0.2, 0.25) is 0 Å². The van der Waals surface area contributed by atoms with E-state index in [9.17, 15) is 9.59 Å². The van der Waals surface area contributed by atoms with Crippen molar-refractivity contribution in [2.75, 3.05) is 0 Å². The molecule has 6 nitrogen and oxygen atoms in total. The van der Waals surface area contributed by atoms with Gasteiger partial charge in [-0.2, -0.15) is 0 Å². The summed E-state index contributed by atoms with van der Waals surface area (Å²) in [6, 6.07) is 16.6. The SMILES string of the molecule is O=C(O)c1ccccc1.O=C(O)c1ccccc1.OC1CCCCC1O. The van der Waals surface area contributed by atoms with Crippen LogP contribution in [0.3, 0.4) is 0 Å². The van der Waals surface area contributed by atoms with E-state index < -0.39 is 24.1 Å². The summed E-state index contributed by atoms with van der Waals surface area (Å²) in [4.78, 5) is 20.4. The Morgan fingerprint density at radius 1 is 0.654 bits per heavy atom. The molecule has 0 bridgehead atoms. The van der Waals surface area contributed by atoms with Crippen molar-refractivity contribution in [2.24, 2.45) is 0 Å². The number of aromatic carboxylic acids is 2. The molecule has 26 heavy (non-hydrogen) atoms. The molecule has 2 aromatic rings. The lowest BCUT2D eigenvalue weighted by atomic mass is 9.95. The molecule has 1 aliphatic carbocycles. The van der Waals surface area contributed by atoms with Crippen molar-refractivity contribution in [3.8, 4) is 0 Å². The van der Waals surface area contributed by atoms with Crippen LogP contribution >= 0.6 is 0 Å². The van der Waals surface area contributed by atoms with Crippen LogP contribution in [0.2, 0.25) is 0 Å². The Morgan fingerprint density at radius 3 is 1.15 bits per heavy atom. The topological polar surface area (TPSA) is 115 Å². The van der Waals surface area contributed by atoms with Crippen LogP contribution in [0.5, 0.6) is 0 Å². The zero-order valence-electron chi connectivity index (χ0n) is 14.4. The van der Waals surface area contributed by atoms with Gasteiger partial charge in [-0.25, -0.2) is 9.59 Å². The third kappa shape index (κ3) is 8.41. The van der Waals surface area contributed by atoms with Gasteiger partial charge in [-0.1, -0.05) is 49.2 Å². The van der Waals surface area contributed by atoms with Gasteiger partial charge in [-0.15, -0.1) is 0 Å². The molecular formula is C20H24O6. The smallest absolute Gasteiger partial charge is 0.335 e. The van der Waals surface area contributed by atoms with Crippen LogP contribution in [-0.2, 0) is 0 Å². The summed E-state index contributed by atoms with van der Waals surface area (Å²) < 4.78 is 0. The van der Waals surface area contributed by atoms with Crippen molar-refractivity contribution in [1.29, 1.82) is 0 Å². The number of hydrogen-bond acceptors (Lipinski definition) is 4. The molecule has 1 saturated carbocycles. The van der Waals surface area contributed by atoms with Gasteiger partial charge in [0.1, 0.15) is 0 Å². The van der Waals surface area contributed by atoms with E-state index in [1.165, 1.54) is 0 Å². The van der Waals surface area contributed by atoms with Crippen LogP contribution in [0.15, 0.2) is 60.7 Å². The zero-order valence-corrected chi connectivity index (χ0v) is 14.4. The lowest BCUT2D eigenvalue weighted by Gasteiger charge is -2.22. The first-order valence-electron chi connectivity index (χ1n) is 8.34. The molecule has 0 saturated heterocycles. The Balaban J connectivity index is 0.000000195. The summed E-state index contributed by atoms with van der Waals surface area (Å²) in [6.45, 7) is 0. The summed E-state index contributed by atoms with van der Waals surface area (Å²) >= 11 is 0. The largest absolute Gasteiger partial charge is 0.478 e. The average molecular weight is 360 g/mol. The molecule has 0 heterocycles. The number of aliphatic hydroxyl groups is 2. The fourth-order valence-corrected chi connectivity index (χ4v) is 2.25. The van der Waals surface area contributed by atoms with Crippen LogP contribution in [0.25, 0.3) is 0 Å². The van der Waals surface area contributed by atoms with E-state index in [0.29, 0.717) is 11.1 Å². The number of carbonyl (C=O) groups is 2. The minimum absolute atomic E-state index is 0.331. The third-order valence-corrected chi connectivity index (χ3v) is 3.74. The third-order valence-electron chi connectivity index (χ3n) is 3.74. The monoisotopic (exact) mass is 360 g/mol. The summed E-state index contributed by atoms with van der Waals surface area (Å²) in [5, 5.41) is 34.6. The molecule has 0 amide bonds. The predicted molar refractivity (Wildman–Crippen MR) is 97.3 cm³/mol. The molecule has 1 fully saturated rings. The van der Waals surface area contributed by atoms with E-state index in [0.717, 1.165) is 25.7 Å². The van der Waals surface area contributed by atoms with Gasteiger partial charge in [-0.3, -0.25) is 0 Å². The minimum atomic E-state index is -0.879. The molecule has 2 atom stereocenters. The predicted octanol–water partition coefficient (Wildman–Crippen LogP) is 3.05. The standard InChI is InChI=1S/2C7H6O2.C6H12O2/c2*8-7(9)6-4-2-1-3-5-6;7-5-3-1-2-4-6(5)8/h2*1-5H,(H,8,9);5-8H,1-4H2. The highest BCUT2D eigenvalue weighted by Crippen LogP contribution is 2.17. The number of rotatable bonds is 2. The summed E-state index contributed by atoms with van der Waals surface area (Å²) in [5.74, 6) is -1.76. The highest BCUT2D eigenvalue weighted by atomic mass is 16.4. The lowest BCUT2D eigenvalue weighted by Crippen LogP contribution is -2.28. The molecule has 6 heteroatoms. The molecule has 0 aliphatic heterocycles. The first-order valence-corrected chi connectivity index (χ1v) is 8.34. The summed E-state index contributed by atoms with van der Waals surface area (Å²) in [6.07, 6.45) is 2.81. The zero-order chi connectivity index (χ0) is 19.4. The van der Waals surface area contributed by atoms with Crippen LogP contribution < -0.4 is 0 Å². The molecule has 0 radical (unpaired) electrons. The van der Waals surface area contributed by atoms with E-state index in [1.807, 2.05) is 0 Å². The second-order valence-corrected chi connectivity index (χ2v) is 5.76. The maximum Gasteiger partial charge on any atom is 0.335 e. The van der Waals surface area contributed by atoms with Gasteiger partial charge in [-0.05, 0) is 37.1 Å². The number of aliphatic hydroxyl groups excluding tert-OH is 2. The molecule has 4 N–H and O–H groups in total. The van der Waals surface area contributed by atoms with Crippen LogP contribution in [0.4, 0.5) is 0 Å². The van der Waals surface area contributed by atoms with Crippen molar-refractivity contribution < 1.29 is 30.0 Å². The molecule has 2 aromatic carbocycles. The molecule has 0 aromatic heterocycles. The highest BCUT2D eigenvalue weighted by molar-refractivity contribution is 5.87. The molecule has 2 unspecified atom stereocenters. The molecule has 1 aliphatic rings. The van der Waals surface area contributed by atoms with Crippen LogP contribution in [-0.4, -0.2) is 44.6 Å². The summed E-state index contributed by atoms with van der Waals surface area (Å²) in [7, 11) is 0. The van der Waals surface area contributed by atoms with Gasteiger partial charge < -0.3 is 20.4 Å². The molecule has 140 valence electrons. The number of carboxylic acid groups (broad SMARTS) is 2. The molecular weight excluding hydrogens is 336 g/mol. The number of benzene rings is 2. The Hall–Kier alpha value is -2.70. The molecule has 0 spiro atoms. The fourth-order valence-electron chi connectivity index (χ4n) is 2.25. The maximum atomic E-state index is 10.2. The fraction of sp³-hybridized carbons (Fsp3) is 0.300. The van der Waals surface area contributed by atoms with Crippen molar-refractivity contribution in [3.05, 3.63) is 71.8 Å². The van der Waals surface area contributed by atoms with Gasteiger partial charge in [0.05, 0.1) is 23.3 Å². The van der Waals surface area contributed by atoms with Gasteiger partial charge in [0.15, 0.2) is 0 Å². The number of hydrogen-bond donors (Lipinski definition) is 4. The van der Waals surface area contributed by atoms with Gasteiger partial charge in [0.25, 0.3) is 0 Å². The van der Waals surface area contributed by atoms with Crippen molar-refractivity contribution in [1.82, 2.24) is 0 Å². The Morgan fingerprint density at radius 2 is 0.962 bits per heavy atom. The quantitative estimate of drug-likeness (QED) is 0.654. The van der Waals surface area contributed by atoms with E-state index >= 15 is 0 Å². The van der Waals surface area contributed by atoms with Crippen LogP contribution in [0.1, 0.15) is 46.4 Å². The average Bonchev–Trinajstić information content (AvgIpc) is 2.66. The normalized spacial score (nSPS) is 18.4. The van der Waals surface area contributed by atoms with Crippen molar-refractivity contribution >= 4 is 11.9 Å². The number of carboxylic acids is 2. The first-order chi connectivity index (χ1) is 12.4. The summed E-state index contributed by atoms with van der Waals surface area (Å²) in [5.41, 5.74) is 0.662. The Kier molecular flexibility index (Phi) is 9.67. The first kappa shape index (κ1) is 21.3. The maximum absolute atomic E-state index is 10.2. The second-order valence-electron chi connectivity index (χ2n) is 5.76. The van der Waals surface area contributed by atoms with Crippen molar-refractivity contribution in [2.45, 2.75) is 37.9 Å². The second kappa shape index (κ2) is 11.8. The van der Waals surface area contributed by atoms with Gasteiger partial charge >= 0.3 is 11.9 Å². The highest BCUT2D eigenvalue weighted by Gasteiger charge is 2.19.